The number of hydrogen-bond acceptors (Lipinski definition) is 4. The molecule has 0 radical (unpaired) electrons. The predicted octanol–water partition coefficient (Wildman–Crippen LogP) is 2.78. The first-order valence-corrected chi connectivity index (χ1v) is 8.01. The van der Waals surface area contributed by atoms with Crippen LogP contribution in [0.3, 0.4) is 0 Å². The average Bonchev–Trinajstić information content (AvgIpc) is 2.98. The number of pyridine rings is 1. The van der Waals surface area contributed by atoms with Crippen molar-refractivity contribution in [3.8, 4) is 0 Å². The average molecular weight is 303 g/mol. The van der Waals surface area contributed by atoms with Crippen molar-refractivity contribution in [1.29, 1.82) is 0 Å². The van der Waals surface area contributed by atoms with Crippen LogP contribution in [0.2, 0.25) is 0 Å². The van der Waals surface area contributed by atoms with Gasteiger partial charge >= 0.3 is 7.12 Å². The molecule has 0 N–H and O–H groups in total. The second-order valence-electron chi connectivity index (χ2n) is 6.25. The van der Waals surface area contributed by atoms with E-state index in [1.807, 2.05) is 58.5 Å². The van der Waals surface area contributed by atoms with E-state index < -0.39 is 0 Å². The molecule has 1 fully saturated rings. The molecule has 1 aliphatic heterocycles. The lowest BCUT2D eigenvalue weighted by Gasteiger charge is -2.32. The summed E-state index contributed by atoms with van der Waals surface area (Å²) in [7, 11) is -0.373. The van der Waals surface area contributed by atoms with Gasteiger partial charge in [0.25, 0.3) is 0 Å². The smallest absolute Gasteiger partial charge is 0.399 e. The van der Waals surface area contributed by atoms with E-state index in [1.165, 1.54) is 0 Å². The number of rotatable bonds is 2. The van der Waals surface area contributed by atoms with Crippen molar-refractivity contribution in [2.45, 2.75) is 66.2 Å². The van der Waals surface area contributed by atoms with Crippen LogP contribution in [0.25, 0.3) is 11.0 Å². The Labute approximate surface area is 133 Å². The first kappa shape index (κ1) is 17.0. The third kappa shape index (κ3) is 2.90. The van der Waals surface area contributed by atoms with Crippen molar-refractivity contribution in [2.24, 2.45) is 0 Å². The molecule has 22 heavy (non-hydrogen) atoms. The van der Waals surface area contributed by atoms with E-state index in [0.29, 0.717) is 0 Å². The zero-order valence-corrected chi connectivity index (χ0v) is 14.7. The van der Waals surface area contributed by atoms with Gasteiger partial charge < -0.3 is 9.31 Å². The van der Waals surface area contributed by atoms with E-state index in [2.05, 4.69) is 17.0 Å². The molecule has 3 heterocycles. The molecule has 0 bridgehead atoms. The van der Waals surface area contributed by atoms with Crippen LogP contribution >= 0.6 is 0 Å². The molecule has 0 spiro atoms. The molecule has 3 rings (SSSR count). The first-order valence-electron chi connectivity index (χ1n) is 8.01. The number of hydrogen-bond donors (Lipinski definition) is 0. The summed E-state index contributed by atoms with van der Waals surface area (Å²) in [5.41, 5.74) is 1.03. The predicted molar refractivity (Wildman–Crippen MR) is 90.3 cm³/mol. The van der Waals surface area contributed by atoms with Crippen LogP contribution in [-0.4, -0.2) is 33.1 Å². The number of aromatic nitrogens is 3. The van der Waals surface area contributed by atoms with Crippen molar-refractivity contribution in [2.75, 3.05) is 0 Å². The van der Waals surface area contributed by atoms with Crippen LogP contribution in [0.1, 0.15) is 48.5 Å². The summed E-state index contributed by atoms with van der Waals surface area (Å²) in [5, 5.41) is 5.39. The van der Waals surface area contributed by atoms with Crippen LogP contribution in [0.4, 0.5) is 0 Å². The normalized spacial score (nSPS) is 19.1. The van der Waals surface area contributed by atoms with Crippen molar-refractivity contribution < 1.29 is 9.31 Å². The zero-order valence-electron chi connectivity index (χ0n) is 14.7. The summed E-state index contributed by atoms with van der Waals surface area (Å²) >= 11 is 0. The van der Waals surface area contributed by atoms with E-state index in [9.17, 15) is 0 Å². The lowest BCUT2D eigenvalue weighted by atomic mass is 9.80. The molecule has 0 unspecified atom stereocenters. The Hall–Kier alpha value is -1.40. The molecule has 1 aliphatic rings. The van der Waals surface area contributed by atoms with Gasteiger partial charge in [0, 0.05) is 29.8 Å². The molecule has 2 aromatic heterocycles. The zero-order chi connectivity index (χ0) is 16.5. The van der Waals surface area contributed by atoms with Crippen molar-refractivity contribution in [3.05, 3.63) is 18.5 Å². The topological polar surface area (TPSA) is 49.2 Å². The van der Waals surface area contributed by atoms with Gasteiger partial charge in [0.1, 0.15) is 0 Å². The van der Waals surface area contributed by atoms with Crippen molar-refractivity contribution in [3.63, 3.8) is 0 Å². The SMILES string of the molecule is CC.CCn1cc2cc(B3OC(C)(C)C(C)(C)O3)cnc2n1. The Kier molecular flexibility index (Phi) is 4.63. The van der Waals surface area contributed by atoms with Crippen LogP contribution in [0, 0.1) is 0 Å². The first-order chi connectivity index (χ1) is 10.3. The largest absolute Gasteiger partial charge is 0.496 e. The molecule has 5 nitrogen and oxygen atoms in total. The molecule has 2 aromatic rings. The van der Waals surface area contributed by atoms with Gasteiger partial charge in [0.05, 0.1) is 11.2 Å². The second-order valence-corrected chi connectivity index (χ2v) is 6.25. The lowest BCUT2D eigenvalue weighted by molar-refractivity contribution is 0.00578. The maximum atomic E-state index is 6.04. The molecule has 0 aromatic carbocycles. The van der Waals surface area contributed by atoms with Gasteiger partial charge in [-0.25, -0.2) is 4.98 Å². The van der Waals surface area contributed by atoms with Crippen molar-refractivity contribution in [1.82, 2.24) is 14.8 Å². The van der Waals surface area contributed by atoms with Crippen LogP contribution < -0.4 is 5.46 Å². The summed E-state index contributed by atoms with van der Waals surface area (Å²) in [4.78, 5) is 4.40. The molecular formula is C16H26BN3O2. The Bertz CT molecular complexity index is 636. The highest BCUT2D eigenvalue weighted by atomic mass is 16.7. The van der Waals surface area contributed by atoms with Crippen LogP contribution in [0.5, 0.6) is 0 Å². The maximum Gasteiger partial charge on any atom is 0.496 e. The molecule has 0 atom stereocenters. The van der Waals surface area contributed by atoms with E-state index in [4.69, 9.17) is 9.31 Å². The Morgan fingerprint density at radius 2 is 1.73 bits per heavy atom. The third-order valence-corrected chi connectivity index (χ3v) is 4.28. The number of nitrogens with zero attached hydrogens (tertiary/aromatic N) is 3. The summed E-state index contributed by atoms with van der Waals surface area (Å²) < 4.78 is 14.0. The lowest BCUT2D eigenvalue weighted by Crippen LogP contribution is -2.41. The van der Waals surface area contributed by atoms with E-state index in [-0.39, 0.29) is 18.3 Å². The Morgan fingerprint density at radius 3 is 2.27 bits per heavy atom. The molecule has 6 heteroatoms. The minimum Gasteiger partial charge on any atom is -0.399 e. The molecule has 1 saturated heterocycles. The van der Waals surface area contributed by atoms with Crippen molar-refractivity contribution >= 4 is 23.6 Å². The summed E-state index contributed by atoms with van der Waals surface area (Å²) in [5.74, 6) is 0. The van der Waals surface area contributed by atoms with E-state index in [1.54, 1.807) is 6.20 Å². The molecule has 0 saturated carbocycles. The van der Waals surface area contributed by atoms with Crippen LogP contribution in [-0.2, 0) is 15.9 Å². The summed E-state index contributed by atoms with van der Waals surface area (Å²) in [6.07, 6.45) is 3.79. The quantitative estimate of drug-likeness (QED) is 0.801. The highest BCUT2D eigenvalue weighted by Gasteiger charge is 2.51. The highest BCUT2D eigenvalue weighted by molar-refractivity contribution is 6.62. The van der Waals surface area contributed by atoms with Gasteiger partial charge in [0.2, 0.25) is 0 Å². The fourth-order valence-electron chi connectivity index (χ4n) is 2.25. The van der Waals surface area contributed by atoms with Gasteiger partial charge in [-0.3, -0.25) is 4.68 Å². The molecule has 120 valence electrons. The summed E-state index contributed by atoms with van der Waals surface area (Å²) in [6.45, 7) is 15.1. The third-order valence-electron chi connectivity index (χ3n) is 4.28. The minimum absolute atomic E-state index is 0.333. The monoisotopic (exact) mass is 303 g/mol. The second kappa shape index (κ2) is 6.01. The van der Waals surface area contributed by atoms with E-state index in [0.717, 1.165) is 23.0 Å². The van der Waals surface area contributed by atoms with Gasteiger partial charge in [-0.1, -0.05) is 13.8 Å². The van der Waals surface area contributed by atoms with Gasteiger partial charge in [-0.15, -0.1) is 0 Å². The summed E-state index contributed by atoms with van der Waals surface area (Å²) in [6, 6.07) is 2.05. The Morgan fingerprint density at radius 1 is 1.14 bits per heavy atom. The number of aryl methyl sites for hydroxylation is 1. The highest BCUT2D eigenvalue weighted by Crippen LogP contribution is 2.36. The maximum absolute atomic E-state index is 6.04. The molecule has 0 amide bonds. The molecule has 0 aliphatic carbocycles. The fraction of sp³-hybridized carbons (Fsp3) is 0.625. The van der Waals surface area contributed by atoms with Gasteiger partial charge in [0.15, 0.2) is 5.65 Å². The standard InChI is InChI=1S/C14H20BN3O2.C2H6/c1-6-18-9-10-7-11(8-16-12(10)17-18)15-19-13(2,3)14(4,5)20-15;1-2/h7-9H,6H2,1-5H3;1-2H3. The Balaban J connectivity index is 0.000000847. The van der Waals surface area contributed by atoms with Gasteiger partial charge in [-0.2, -0.15) is 5.10 Å². The minimum atomic E-state index is -0.373. The fourth-order valence-corrected chi connectivity index (χ4v) is 2.25. The van der Waals surface area contributed by atoms with Crippen LogP contribution in [0.15, 0.2) is 18.5 Å². The van der Waals surface area contributed by atoms with Gasteiger partial charge in [-0.05, 0) is 40.7 Å². The number of fused-ring (bicyclic) bond motifs is 1. The van der Waals surface area contributed by atoms with E-state index >= 15 is 0 Å². The molecular weight excluding hydrogens is 277 g/mol.